The smallest absolute Gasteiger partial charge is 0.0697 e. The van der Waals surface area contributed by atoms with Crippen LogP contribution in [0.4, 0.5) is 0 Å². The third-order valence-corrected chi connectivity index (χ3v) is 5.48. The van der Waals surface area contributed by atoms with Crippen LogP contribution in [0.2, 0.25) is 0 Å². The minimum atomic E-state index is 0.252. The molecule has 104 valence electrons. The van der Waals surface area contributed by atoms with E-state index in [1.165, 1.54) is 44.9 Å². The van der Waals surface area contributed by atoms with Gasteiger partial charge in [0.05, 0.1) is 5.60 Å². The first-order chi connectivity index (χ1) is 8.81. The van der Waals surface area contributed by atoms with Gasteiger partial charge in [0, 0.05) is 19.3 Å². The third-order valence-electron chi connectivity index (χ3n) is 5.48. The van der Waals surface area contributed by atoms with Gasteiger partial charge in [-0.3, -0.25) is 0 Å². The van der Waals surface area contributed by atoms with E-state index < -0.39 is 0 Å². The summed E-state index contributed by atoms with van der Waals surface area (Å²) in [4.78, 5) is 0. The molecule has 1 aliphatic heterocycles. The van der Waals surface area contributed by atoms with Gasteiger partial charge in [-0.25, -0.2) is 0 Å². The van der Waals surface area contributed by atoms with Crippen LogP contribution >= 0.6 is 0 Å². The number of ether oxygens (including phenoxy) is 1. The molecule has 18 heavy (non-hydrogen) atoms. The summed E-state index contributed by atoms with van der Waals surface area (Å²) in [7, 11) is 0. The van der Waals surface area contributed by atoms with Crippen molar-refractivity contribution in [3.63, 3.8) is 0 Å². The normalized spacial score (nSPS) is 38.8. The second-order valence-electron chi connectivity index (χ2n) is 6.62. The maximum absolute atomic E-state index is 9.36. The van der Waals surface area contributed by atoms with E-state index in [1.807, 2.05) is 0 Å². The van der Waals surface area contributed by atoms with Crippen molar-refractivity contribution in [2.75, 3.05) is 19.8 Å². The summed E-state index contributed by atoms with van der Waals surface area (Å²) < 4.78 is 5.97. The molecule has 0 amide bonds. The van der Waals surface area contributed by atoms with Crippen molar-refractivity contribution in [3.8, 4) is 0 Å². The van der Waals surface area contributed by atoms with E-state index >= 15 is 0 Å². The van der Waals surface area contributed by atoms with Gasteiger partial charge in [0.1, 0.15) is 0 Å². The molecule has 2 N–H and O–H groups in total. The quantitative estimate of drug-likeness (QED) is 0.806. The summed E-state index contributed by atoms with van der Waals surface area (Å²) in [5.74, 6) is 1.25. The number of hydrogen-bond donors (Lipinski definition) is 2. The molecule has 3 aliphatic rings. The van der Waals surface area contributed by atoms with Crippen molar-refractivity contribution in [2.45, 2.75) is 63.0 Å². The Hall–Kier alpha value is -0.120. The fourth-order valence-electron chi connectivity index (χ4n) is 4.06. The van der Waals surface area contributed by atoms with Crippen LogP contribution in [0.3, 0.4) is 0 Å². The Morgan fingerprint density at radius 2 is 1.94 bits per heavy atom. The molecule has 0 aromatic rings. The minimum absolute atomic E-state index is 0.252. The first-order valence-corrected chi connectivity index (χ1v) is 7.79. The summed E-state index contributed by atoms with van der Waals surface area (Å²) in [5.41, 5.74) is 0.252. The van der Waals surface area contributed by atoms with Crippen molar-refractivity contribution in [3.05, 3.63) is 0 Å². The van der Waals surface area contributed by atoms with Crippen molar-refractivity contribution >= 4 is 0 Å². The highest BCUT2D eigenvalue weighted by Crippen LogP contribution is 2.42. The zero-order valence-corrected chi connectivity index (χ0v) is 11.4. The Bertz CT molecular complexity index is 278. The highest BCUT2D eigenvalue weighted by molar-refractivity contribution is 4.96. The standard InChI is InChI=1S/C15H27NO2/c17-11-13-4-1-3-12(13)10-16-14-5-8-18-15(9-14)6-2-7-15/h12-14,16-17H,1-11H2. The van der Waals surface area contributed by atoms with Crippen LogP contribution in [0, 0.1) is 11.8 Å². The average molecular weight is 253 g/mol. The molecule has 0 aromatic carbocycles. The van der Waals surface area contributed by atoms with Gasteiger partial charge in [-0.15, -0.1) is 0 Å². The van der Waals surface area contributed by atoms with Crippen LogP contribution in [-0.4, -0.2) is 36.5 Å². The van der Waals surface area contributed by atoms with Crippen LogP contribution < -0.4 is 5.32 Å². The molecule has 3 fully saturated rings. The van der Waals surface area contributed by atoms with Gasteiger partial charge in [0.25, 0.3) is 0 Å². The van der Waals surface area contributed by atoms with E-state index in [1.54, 1.807) is 0 Å². The first-order valence-electron chi connectivity index (χ1n) is 7.79. The first kappa shape index (κ1) is 12.9. The summed E-state index contributed by atoms with van der Waals surface area (Å²) in [6, 6.07) is 0.652. The van der Waals surface area contributed by atoms with E-state index in [2.05, 4.69) is 5.32 Å². The fraction of sp³-hybridized carbons (Fsp3) is 1.00. The van der Waals surface area contributed by atoms with Crippen LogP contribution in [0.15, 0.2) is 0 Å². The average Bonchev–Trinajstić information content (AvgIpc) is 2.82. The van der Waals surface area contributed by atoms with Gasteiger partial charge in [-0.1, -0.05) is 6.42 Å². The summed E-state index contributed by atoms with van der Waals surface area (Å²) in [5, 5.41) is 13.1. The molecule has 3 nitrogen and oxygen atoms in total. The van der Waals surface area contributed by atoms with Crippen molar-refractivity contribution in [1.29, 1.82) is 0 Å². The maximum atomic E-state index is 9.36. The zero-order valence-electron chi connectivity index (χ0n) is 11.4. The lowest BCUT2D eigenvalue weighted by Crippen LogP contribution is -2.51. The predicted octanol–water partition coefficient (Wildman–Crippen LogP) is 2.09. The van der Waals surface area contributed by atoms with Gasteiger partial charge in [-0.2, -0.15) is 0 Å². The molecule has 0 bridgehead atoms. The summed E-state index contributed by atoms with van der Waals surface area (Å²) in [6.07, 6.45) is 10.1. The molecule has 1 spiro atoms. The number of nitrogens with one attached hydrogen (secondary N) is 1. The lowest BCUT2D eigenvalue weighted by atomic mass is 9.74. The van der Waals surface area contributed by atoms with Gasteiger partial charge >= 0.3 is 0 Å². The fourth-order valence-corrected chi connectivity index (χ4v) is 4.06. The van der Waals surface area contributed by atoms with Crippen molar-refractivity contribution in [2.24, 2.45) is 11.8 Å². The Labute approximate surface area is 110 Å². The molecule has 3 atom stereocenters. The van der Waals surface area contributed by atoms with Crippen LogP contribution in [0.25, 0.3) is 0 Å². The molecule has 2 saturated carbocycles. The monoisotopic (exact) mass is 253 g/mol. The van der Waals surface area contributed by atoms with E-state index in [0.29, 0.717) is 24.5 Å². The minimum Gasteiger partial charge on any atom is -0.396 e. The number of aliphatic hydroxyl groups is 1. The predicted molar refractivity (Wildman–Crippen MR) is 71.5 cm³/mol. The highest BCUT2D eigenvalue weighted by Gasteiger charge is 2.42. The molecular formula is C15H27NO2. The third kappa shape index (κ3) is 2.59. The lowest BCUT2D eigenvalue weighted by Gasteiger charge is -2.47. The molecule has 0 aromatic heterocycles. The molecule has 1 heterocycles. The van der Waals surface area contributed by atoms with E-state index in [9.17, 15) is 5.11 Å². The van der Waals surface area contributed by atoms with Crippen molar-refractivity contribution < 1.29 is 9.84 Å². The van der Waals surface area contributed by atoms with E-state index in [4.69, 9.17) is 4.74 Å². The number of hydrogen-bond acceptors (Lipinski definition) is 3. The molecule has 3 unspecified atom stereocenters. The Morgan fingerprint density at radius 1 is 1.11 bits per heavy atom. The van der Waals surface area contributed by atoms with Crippen LogP contribution in [-0.2, 0) is 4.74 Å². The van der Waals surface area contributed by atoms with Crippen LogP contribution in [0.5, 0.6) is 0 Å². The molecule has 0 radical (unpaired) electrons. The largest absolute Gasteiger partial charge is 0.396 e. The van der Waals surface area contributed by atoms with Gasteiger partial charge < -0.3 is 15.2 Å². The highest BCUT2D eigenvalue weighted by atomic mass is 16.5. The molecule has 3 heteroatoms. The number of aliphatic hydroxyl groups excluding tert-OH is 1. The molecule has 3 rings (SSSR count). The molecular weight excluding hydrogens is 226 g/mol. The van der Waals surface area contributed by atoms with Gasteiger partial charge in [0.15, 0.2) is 0 Å². The van der Waals surface area contributed by atoms with E-state index in [-0.39, 0.29) is 5.60 Å². The molecule has 2 aliphatic carbocycles. The lowest BCUT2D eigenvalue weighted by molar-refractivity contribution is -0.135. The Balaban J connectivity index is 1.45. The Morgan fingerprint density at radius 3 is 2.67 bits per heavy atom. The second-order valence-corrected chi connectivity index (χ2v) is 6.62. The second kappa shape index (κ2) is 5.48. The summed E-state index contributed by atoms with van der Waals surface area (Å²) in [6.45, 7) is 2.42. The summed E-state index contributed by atoms with van der Waals surface area (Å²) >= 11 is 0. The van der Waals surface area contributed by atoms with Crippen molar-refractivity contribution in [1.82, 2.24) is 5.32 Å². The Kier molecular flexibility index (Phi) is 3.92. The SMILES string of the molecule is OCC1CCCC1CNC1CCOC2(CCC2)C1. The van der Waals surface area contributed by atoms with Gasteiger partial charge in [-0.05, 0) is 63.3 Å². The number of rotatable bonds is 4. The van der Waals surface area contributed by atoms with Gasteiger partial charge in [0.2, 0.25) is 0 Å². The topological polar surface area (TPSA) is 41.5 Å². The van der Waals surface area contributed by atoms with Crippen LogP contribution in [0.1, 0.15) is 51.4 Å². The molecule has 1 saturated heterocycles. The zero-order chi connectivity index (χ0) is 12.4. The van der Waals surface area contributed by atoms with E-state index in [0.717, 1.165) is 19.6 Å². The maximum Gasteiger partial charge on any atom is 0.0697 e.